The predicted octanol–water partition coefficient (Wildman–Crippen LogP) is 1.95. The Morgan fingerprint density at radius 1 is 1.29 bits per heavy atom. The minimum Gasteiger partial charge on any atom is -0.382 e. The van der Waals surface area contributed by atoms with E-state index in [0.29, 0.717) is 18.1 Å². The van der Waals surface area contributed by atoms with Gasteiger partial charge in [-0.25, -0.2) is 4.79 Å². The summed E-state index contributed by atoms with van der Waals surface area (Å²) in [6, 6.07) is 7.55. The third kappa shape index (κ3) is 2.71. The van der Waals surface area contributed by atoms with Crippen LogP contribution in [-0.2, 0) is 13.6 Å². The van der Waals surface area contributed by atoms with E-state index in [2.05, 4.69) is 5.32 Å². The Labute approximate surface area is 104 Å². The van der Waals surface area contributed by atoms with E-state index in [1.807, 2.05) is 24.3 Å². The molecular weight excluding hydrogens is 238 g/mol. The number of hydrogen-bond donors (Lipinski definition) is 1. The number of aromatic nitrogens is 2. The van der Waals surface area contributed by atoms with E-state index < -0.39 is 0 Å². The number of nitrogens with one attached hydrogen (secondary N) is 1. The summed E-state index contributed by atoms with van der Waals surface area (Å²) in [5, 5.41) is 3.88. The third-order valence-electron chi connectivity index (χ3n) is 2.56. The number of para-hydroxylation sites is 1. The Kier molecular flexibility index (Phi) is 3.54. The number of benzene rings is 1. The zero-order valence-corrected chi connectivity index (χ0v) is 10.3. The summed E-state index contributed by atoms with van der Waals surface area (Å²) >= 11 is 6.01. The lowest BCUT2D eigenvalue weighted by molar-refractivity contribution is 0.672. The molecule has 2 aromatic rings. The molecule has 1 aromatic carbocycles. The molecule has 2 rings (SSSR count). The van der Waals surface area contributed by atoms with E-state index in [4.69, 9.17) is 11.6 Å². The van der Waals surface area contributed by atoms with Crippen molar-refractivity contribution in [2.75, 3.05) is 11.9 Å². The molecule has 0 saturated carbocycles. The van der Waals surface area contributed by atoms with Gasteiger partial charge in [-0.05, 0) is 12.1 Å². The van der Waals surface area contributed by atoms with Gasteiger partial charge >= 0.3 is 5.69 Å². The molecule has 90 valence electrons. The van der Waals surface area contributed by atoms with Crippen molar-refractivity contribution in [2.45, 2.75) is 6.54 Å². The Morgan fingerprint density at radius 3 is 2.71 bits per heavy atom. The van der Waals surface area contributed by atoms with Crippen LogP contribution in [0, 0.1) is 0 Å². The van der Waals surface area contributed by atoms with E-state index in [1.165, 1.54) is 0 Å². The van der Waals surface area contributed by atoms with Gasteiger partial charge in [-0.3, -0.25) is 4.57 Å². The summed E-state index contributed by atoms with van der Waals surface area (Å²) in [6.45, 7) is 1.28. The van der Waals surface area contributed by atoms with Crippen molar-refractivity contribution in [3.05, 3.63) is 52.2 Å². The normalized spacial score (nSPS) is 10.5. The smallest absolute Gasteiger partial charge is 0.327 e. The van der Waals surface area contributed by atoms with Gasteiger partial charge in [0.1, 0.15) is 0 Å². The third-order valence-corrected chi connectivity index (χ3v) is 2.89. The van der Waals surface area contributed by atoms with Crippen LogP contribution in [0.2, 0.25) is 5.02 Å². The van der Waals surface area contributed by atoms with Crippen molar-refractivity contribution in [3.8, 4) is 0 Å². The van der Waals surface area contributed by atoms with Crippen LogP contribution < -0.4 is 11.0 Å². The number of nitrogens with zero attached hydrogens (tertiary/aromatic N) is 2. The highest BCUT2D eigenvalue weighted by molar-refractivity contribution is 6.33. The van der Waals surface area contributed by atoms with Gasteiger partial charge in [-0.2, -0.15) is 0 Å². The molecule has 4 nitrogen and oxygen atoms in total. The Balaban J connectivity index is 1.95. The van der Waals surface area contributed by atoms with Crippen molar-refractivity contribution < 1.29 is 0 Å². The van der Waals surface area contributed by atoms with E-state index in [9.17, 15) is 4.79 Å². The van der Waals surface area contributed by atoms with Gasteiger partial charge in [-0.15, -0.1) is 0 Å². The summed E-state index contributed by atoms with van der Waals surface area (Å²) in [5.74, 6) is 0. The molecule has 0 unspecified atom stereocenters. The van der Waals surface area contributed by atoms with Gasteiger partial charge in [-0.1, -0.05) is 23.7 Å². The van der Waals surface area contributed by atoms with Gasteiger partial charge in [0.05, 0.1) is 10.7 Å². The van der Waals surface area contributed by atoms with Crippen molar-refractivity contribution in [3.63, 3.8) is 0 Å². The Bertz CT molecular complexity index is 559. The van der Waals surface area contributed by atoms with Crippen molar-refractivity contribution in [1.82, 2.24) is 9.13 Å². The molecule has 0 saturated heterocycles. The van der Waals surface area contributed by atoms with Gasteiger partial charge < -0.3 is 9.88 Å². The molecule has 0 fully saturated rings. The summed E-state index contributed by atoms with van der Waals surface area (Å²) in [6.07, 6.45) is 3.52. The molecule has 1 aromatic heterocycles. The molecule has 1 N–H and O–H groups in total. The first-order valence-corrected chi connectivity index (χ1v) is 5.76. The fraction of sp³-hybridized carbons (Fsp3) is 0.250. The van der Waals surface area contributed by atoms with E-state index >= 15 is 0 Å². The van der Waals surface area contributed by atoms with Crippen molar-refractivity contribution >= 4 is 17.3 Å². The van der Waals surface area contributed by atoms with Crippen LogP contribution in [0.4, 0.5) is 5.69 Å². The molecule has 17 heavy (non-hydrogen) atoms. The second-order valence-electron chi connectivity index (χ2n) is 3.79. The Hall–Kier alpha value is -1.68. The maximum atomic E-state index is 11.6. The molecule has 0 spiro atoms. The lowest BCUT2D eigenvalue weighted by Crippen LogP contribution is -2.24. The minimum atomic E-state index is -0.00837. The second kappa shape index (κ2) is 5.10. The lowest BCUT2D eigenvalue weighted by atomic mass is 10.3. The molecule has 0 aliphatic carbocycles. The van der Waals surface area contributed by atoms with Crippen LogP contribution in [0.25, 0.3) is 0 Å². The van der Waals surface area contributed by atoms with Crippen LogP contribution in [-0.4, -0.2) is 15.7 Å². The number of hydrogen-bond acceptors (Lipinski definition) is 2. The summed E-state index contributed by atoms with van der Waals surface area (Å²) in [7, 11) is 1.74. The molecule has 1 heterocycles. The fourth-order valence-electron chi connectivity index (χ4n) is 1.60. The van der Waals surface area contributed by atoms with Gasteiger partial charge in [0.25, 0.3) is 0 Å². The highest BCUT2D eigenvalue weighted by Gasteiger charge is 2.00. The SMILES string of the molecule is Cn1ccn(CCNc2ccccc2Cl)c1=O. The highest BCUT2D eigenvalue weighted by atomic mass is 35.5. The lowest BCUT2D eigenvalue weighted by Gasteiger charge is -2.07. The molecule has 0 bridgehead atoms. The quantitative estimate of drug-likeness (QED) is 0.902. The summed E-state index contributed by atoms with van der Waals surface area (Å²) in [5.41, 5.74) is 0.879. The number of anilines is 1. The first kappa shape index (κ1) is 11.8. The monoisotopic (exact) mass is 251 g/mol. The number of imidazole rings is 1. The van der Waals surface area contributed by atoms with Crippen molar-refractivity contribution in [1.29, 1.82) is 0 Å². The first-order valence-electron chi connectivity index (χ1n) is 5.38. The van der Waals surface area contributed by atoms with Crippen LogP contribution in [0.5, 0.6) is 0 Å². The van der Waals surface area contributed by atoms with Crippen LogP contribution in [0.3, 0.4) is 0 Å². The molecular formula is C12H14ClN3O. The van der Waals surface area contributed by atoms with Crippen LogP contribution in [0.1, 0.15) is 0 Å². The number of rotatable bonds is 4. The predicted molar refractivity (Wildman–Crippen MR) is 69.6 cm³/mol. The van der Waals surface area contributed by atoms with Crippen LogP contribution >= 0.6 is 11.6 Å². The molecule has 0 aliphatic rings. The number of halogens is 1. The fourth-order valence-corrected chi connectivity index (χ4v) is 1.80. The average molecular weight is 252 g/mol. The zero-order valence-electron chi connectivity index (χ0n) is 9.56. The van der Waals surface area contributed by atoms with Crippen LogP contribution in [0.15, 0.2) is 41.5 Å². The van der Waals surface area contributed by atoms with Gasteiger partial charge in [0.2, 0.25) is 0 Å². The largest absolute Gasteiger partial charge is 0.382 e. The number of aryl methyl sites for hydroxylation is 1. The van der Waals surface area contributed by atoms with E-state index in [0.717, 1.165) is 5.69 Å². The van der Waals surface area contributed by atoms with Crippen molar-refractivity contribution in [2.24, 2.45) is 7.05 Å². The average Bonchev–Trinajstić information content (AvgIpc) is 2.63. The summed E-state index contributed by atoms with van der Waals surface area (Å²) < 4.78 is 3.21. The maximum absolute atomic E-state index is 11.6. The molecule has 0 aliphatic heterocycles. The topological polar surface area (TPSA) is 39.0 Å². The molecule has 0 atom stereocenters. The molecule has 5 heteroatoms. The molecule has 0 radical (unpaired) electrons. The summed E-state index contributed by atoms with van der Waals surface area (Å²) in [4.78, 5) is 11.6. The van der Waals surface area contributed by atoms with Gasteiger partial charge in [0, 0.05) is 32.5 Å². The second-order valence-corrected chi connectivity index (χ2v) is 4.20. The molecule has 0 amide bonds. The van der Waals surface area contributed by atoms with E-state index in [1.54, 1.807) is 28.6 Å². The highest BCUT2D eigenvalue weighted by Crippen LogP contribution is 2.19. The van der Waals surface area contributed by atoms with Gasteiger partial charge in [0.15, 0.2) is 0 Å². The zero-order chi connectivity index (χ0) is 12.3. The minimum absolute atomic E-state index is 0.00837. The first-order chi connectivity index (χ1) is 8.18. The van der Waals surface area contributed by atoms with E-state index in [-0.39, 0.29) is 5.69 Å². The maximum Gasteiger partial charge on any atom is 0.327 e. The Morgan fingerprint density at radius 2 is 2.06 bits per heavy atom. The standard InChI is InChI=1S/C12H14ClN3O/c1-15-8-9-16(12(15)17)7-6-14-11-5-3-2-4-10(11)13/h2-5,8-9,14H,6-7H2,1H3.